The molecule has 0 unspecified atom stereocenters. The van der Waals surface area contributed by atoms with Crippen molar-refractivity contribution in [3.05, 3.63) is 76.5 Å². The number of benzene rings is 2. The summed E-state index contributed by atoms with van der Waals surface area (Å²) in [6.45, 7) is 2.35. The number of hydrogen-bond donors (Lipinski definition) is 0. The number of aliphatic imine (C=N–C) groups is 1. The van der Waals surface area contributed by atoms with Gasteiger partial charge in [0.05, 0.1) is 7.11 Å². The Kier molecular flexibility index (Phi) is 4.05. The monoisotopic (exact) mass is 347 g/mol. The Labute approximate surface area is 151 Å². The van der Waals surface area contributed by atoms with Crippen LogP contribution in [0, 0.1) is 6.92 Å². The van der Waals surface area contributed by atoms with Crippen LogP contribution in [0.15, 0.2) is 64.8 Å². The van der Waals surface area contributed by atoms with E-state index < -0.39 is 5.97 Å². The van der Waals surface area contributed by atoms with Gasteiger partial charge in [0.25, 0.3) is 0 Å². The average molecular weight is 347 g/mol. The summed E-state index contributed by atoms with van der Waals surface area (Å²) in [6, 6.07) is 13.3. The Balaban J connectivity index is 1.62. The number of aryl methyl sites for hydroxylation is 1. The third-order valence-electron chi connectivity index (χ3n) is 4.20. The maximum Gasteiger partial charge on any atom is 0.363 e. The van der Waals surface area contributed by atoms with Crippen LogP contribution in [0.1, 0.15) is 16.7 Å². The number of ether oxygens (including phenoxy) is 3. The van der Waals surface area contributed by atoms with Gasteiger partial charge in [-0.2, -0.15) is 0 Å². The van der Waals surface area contributed by atoms with E-state index in [1.54, 1.807) is 13.2 Å². The van der Waals surface area contributed by atoms with Gasteiger partial charge in [0.15, 0.2) is 5.70 Å². The first-order chi connectivity index (χ1) is 12.6. The zero-order valence-corrected chi connectivity index (χ0v) is 14.5. The van der Waals surface area contributed by atoms with Gasteiger partial charge in [-0.1, -0.05) is 17.7 Å². The fourth-order valence-corrected chi connectivity index (χ4v) is 2.78. The molecule has 130 valence electrons. The van der Waals surface area contributed by atoms with Crippen molar-refractivity contribution in [2.24, 2.45) is 4.99 Å². The van der Waals surface area contributed by atoms with E-state index in [9.17, 15) is 4.79 Å². The van der Waals surface area contributed by atoms with Crippen molar-refractivity contribution in [1.29, 1.82) is 0 Å². The number of esters is 1. The lowest BCUT2D eigenvalue weighted by Crippen LogP contribution is -2.08. The van der Waals surface area contributed by atoms with Crippen LogP contribution in [-0.4, -0.2) is 25.6 Å². The van der Waals surface area contributed by atoms with Gasteiger partial charge in [-0.3, -0.25) is 0 Å². The molecule has 2 heterocycles. The van der Waals surface area contributed by atoms with Gasteiger partial charge >= 0.3 is 5.97 Å². The van der Waals surface area contributed by atoms with Crippen LogP contribution in [0.2, 0.25) is 0 Å². The Morgan fingerprint density at radius 3 is 2.73 bits per heavy atom. The Morgan fingerprint density at radius 1 is 1.15 bits per heavy atom. The van der Waals surface area contributed by atoms with E-state index in [2.05, 4.69) is 4.99 Å². The molecule has 0 bridgehead atoms. The number of carbonyl (C=O) groups is 1. The average Bonchev–Trinajstić information content (AvgIpc) is 3.02. The molecule has 2 aliphatic heterocycles. The van der Waals surface area contributed by atoms with Crippen LogP contribution in [0.4, 0.5) is 0 Å². The van der Waals surface area contributed by atoms with Gasteiger partial charge in [0, 0.05) is 17.2 Å². The van der Waals surface area contributed by atoms with Gasteiger partial charge in [-0.15, -0.1) is 0 Å². The largest absolute Gasteiger partial charge is 0.497 e. The Hall–Kier alpha value is -3.34. The molecule has 0 saturated heterocycles. The molecule has 26 heavy (non-hydrogen) atoms. The maximum absolute atomic E-state index is 12.1. The van der Waals surface area contributed by atoms with Gasteiger partial charge in [-0.25, -0.2) is 9.79 Å². The molecule has 2 aliphatic rings. The zero-order chi connectivity index (χ0) is 18.1. The topological polar surface area (TPSA) is 57.1 Å². The van der Waals surface area contributed by atoms with Crippen LogP contribution >= 0.6 is 0 Å². The van der Waals surface area contributed by atoms with E-state index in [1.807, 2.05) is 55.5 Å². The van der Waals surface area contributed by atoms with Crippen molar-refractivity contribution < 1.29 is 19.0 Å². The van der Waals surface area contributed by atoms with E-state index in [-0.39, 0.29) is 5.70 Å². The van der Waals surface area contributed by atoms with Gasteiger partial charge in [0.2, 0.25) is 5.90 Å². The highest BCUT2D eigenvalue weighted by molar-refractivity contribution is 6.11. The number of fused-ring (bicyclic) bond motifs is 1. The quantitative estimate of drug-likeness (QED) is 0.628. The first-order valence-corrected chi connectivity index (χ1v) is 8.23. The predicted molar refractivity (Wildman–Crippen MR) is 98.4 cm³/mol. The molecule has 0 spiro atoms. The lowest BCUT2D eigenvalue weighted by Gasteiger charge is -2.16. The number of methoxy groups -OCH3 is 1. The highest BCUT2D eigenvalue weighted by Crippen LogP contribution is 2.31. The summed E-state index contributed by atoms with van der Waals surface area (Å²) in [6.07, 6.45) is 3.68. The van der Waals surface area contributed by atoms with E-state index in [4.69, 9.17) is 14.2 Å². The maximum atomic E-state index is 12.1. The van der Waals surface area contributed by atoms with Crippen molar-refractivity contribution in [3.8, 4) is 11.5 Å². The lowest BCUT2D eigenvalue weighted by atomic mass is 10.1. The molecule has 0 amide bonds. The number of hydrogen-bond acceptors (Lipinski definition) is 5. The number of cyclic esters (lactones) is 1. The molecule has 0 aliphatic carbocycles. The summed E-state index contributed by atoms with van der Waals surface area (Å²) in [4.78, 5) is 16.5. The number of carbonyl (C=O) groups excluding carboxylic acids is 1. The van der Waals surface area contributed by atoms with Crippen molar-refractivity contribution in [1.82, 2.24) is 0 Å². The van der Waals surface area contributed by atoms with Crippen LogP contribution in [-0.2, 0) is 9.53 Å². The standard InChI is InChI=1S/C21H17NO4/c1-13-3-5-15(6-4-13)20-22-18(21(23)26-20)10-14-9-16-7-8-17(24-2)11-19(16)25-12-14/h3-11H,12H2,1-2H3/b18-10+. The second-order valence-electron chi connectivity index (χ2n) is 6.11. The normalized spacial score (nSPS) is 17.2. The molecular formula is C21H17NO4. The Morgan fingerprint density at radius 2 is 1.96 bits per heavy atom. The summed E-state index contributed by atoms with van der Waals surface area (Å²) >= 11 is 0. The molecule has 0 saturated carbocycles. The highest BCUT2D eigenvalue weighted by Gasteiger charge is 2.25. The smallest absolute Gasteiger partial charge is 0.363 e. The van der Waals surface area contributed by atoms with E-state index >= 15 is 0 Å². The molecule has 4 rings (SSSR count). The van der Waals surface area contributed by atoms with Crippen molar-refractivity contribution in [2.75, 3.05) is 13.7 Å². The summed E-state index contributed by atoms with van der Waals surface area (Å²) in [5.41, 5.74) is 3.96. The lowest BCUT2D eigenvalue weighted by molar-refractivity contribution is -0.130. The van der Waals surface area contributed by atoms with E-state index in [1.165, 1.54) is 0 Å². The van der Waals surface area contributed by atoms with Crippen molar-refractivity contribution >= 4 is 17.9 Å². The molecule has 0 aromatic heterocycles. The van der Waals surface area contributed by atoms with Gasteiger partial charge in [0.1, 0.15) is 18.1 Å². The minimum atomic E-state index is -0.456. The van der Waals surface area contributed by atoms with Crippen molar-refractivity contribution in [3.63, 3.8) is 0 Å². The molecule has 5 nitrogen and oxygen atoms in total. The van der Waals surface area contributed by atoms with E-state index in [0.717, 1.165) is 33.8 Å². The minimum Gasteiger partial charge on any atom is -0.497 e. The first kappa shape index (κ1) is 16.1. The zero-order valence-electron chi connectivity index (χ0n) is 14.5. The number of rotatable bonds is 3. The summed E-state index contributed by atoms with van der Waals surface area (Å²) in [5, 5.41) is 0. The van der Waals surface area contributed by atoms with Crippen LogP contribution in [0.5, 0.6) is 11.5 Å². The van der Waals surface area contributed by atoms with Crippen molar-refractivity contribution in [2.45, 2.75) is 6.92 Å². The Bertz CT molecular complexity index is 968. The molecule has 0 radical (unpaired) electrons. The second-order valence-corrected chi connectivity index (χ2v) is 6.11. The van der Waals surface area contributed by atoms with Gasteiger partial charge in [-0.05, 0) is 48.9 Å². The minimum absolute atomic E-state index is 0.271. The summed E-state index contributed by atoms with van der Waals surface area (Å²) in [5.74, 6) is 1.36. The number of nitrogens with zero attached hydrogens (tertiary/aromatic N) is 1. The fraction of sp³-hybridized carbons (Fsp3) is 0.143. The fourth-order valence-electron chi connectivity index (χ4n) is 2.78. The second kappa shape index (κ2) is 6.52. The molecular weight excluding hydrogens is 330 g/mol. The molecule has 0 atom stereocenters. The molecule has 5 heteroatoms. The van der Waals surface area contributed by atoms with Crippen LogP contribution in [0.3, 0.4) is 0 Å². The molecule has 0 fully saturated rings. The molecule has 2 aromatic rings. The predicted octanol–water partition coefficient (Wildman–Crippen LogP) is 3.67. The third-order valence-corrected chi connectivity index (χ3v) is 4.20. The summed E-state index contributed by atoms with van der Waals surface area (Å²) in [7, 11) is 1.62. The summed E-state index contributed by atoms with van der Waals surface area (Å²) < 4.78 is 16.3. The first-order valence-electron chi connectivity index (χ1n) is 8.23. The van der Waals surface area contributed by atoms with Crippen LogP contribution < -0.4 is 9.47 Å². The third kappa shape index (κ3) is 3.11. The molecule has 0 N–H and O–H groups in total. The molecule has 2 aromatic carbocycles. The van der Waals surface area contributed by atoms with Gasteiger partial charge < -0.3 is 14.2 Å². The van der Waals surface area contributed by atoms with Crippen LogP contribution in [0.25, 0.3) is 6.08 Å². The highest BCUT2D eigenvalue weighted by atomic mass is 16.6. The SMILES string of the molecule is COc1ccc2c(c1)OCC(/C=C1/N=C(c3ccc(C)cc3)OC1=O)=C2. The van der Waals surface area contributed by atoms with E-state index in [0.29, 0.717) is 12.5 Å².